The molecule has 270 valence electrons. The van der Waals surface area contributed by atoms with Crippen LogP contribution >= 0.6 is 0 Å². The van der Waals surface area contributed by atoms with E-state index in [2.05, 4.69) is 88.0 Å². The molecule has 0 amide bonds. The topological polar surface area (TPSA) is 107 Å². The van der Waals surface area contributed by atoms with E-state index in [1.165, 1.54) is 0 Å². The summed E-state index contributed by atoms with van der Waals surface area (Å²) >= 11 is 0. The number of nitriles is 3. The van der Waals surface area contributed by atoms with Gasteiger partial charge in [0.2, 0.25) is 0 Å². The standard InChI is InChI=1S/C51H31N7/c1-31-23-32(2)56-51(55-31)50-48(57-44-17-9-7-15-40(44)42-21-19-34(26-46(42)57)38-13-5-3-11-36(38)29-53)24-33(28-52)25-49(50)58-45-18-10-8-16-41(45)43-22-20-35(27-47(43)58)39-14-6-4-12-37(39)30-54/h3-27H,1-2H3. The van der Waals surface area contributed by atoms with Crippen LogP contribution in [0.25, 0.3) is 88.6 Å². The van der Waals surface area contributed by atoms with E-state index in [4.69, 9.17) is 9.97 Å². The molecule has 10 rings (SSSR count). The molecule has 3 heterocycles. The molecule has 0 radical (unpaired) electrons. The van der Waals surface area contributed by atoms with E-state index in [0.717, 1.165) is 94.2 Å². The molecule has 0 saturated heterocycles. The van der Waals surface area contributed by atoms with Crippen LogP contribution in [0.2, 0.25) is 0 Å². The Labute approximate surface area is 334 Å². The van der Waals surface area contributed by atoms with Gasteiger partial charge in [-0.3, -0.25) is 0 Å². The van der Waals surface area contributed by atoms with Gasteiger partial charge < -0.3 is 9.13 Å². The Bertz CT molecular complexity index is 3260. The zero-order valence-electron chi connectivity index (χ0n) is 31.6. The highest BCUT2D eigenvalue weighted by Crippen LogP contribution is 2.43. The lowest BCUT2D eigenvalue weighted by Gasteiger charge is -2.20. The Hall–Kier alpha value is -8.31. The SMILES string of the molecule is Cc1cc(C)nc(-c2c(-n3c4ccccc4c4ccc(-c5ccccc5C#N)cc43)cc(C#N)cc2-n2c3ccccc3c3ccc(-c4ccccc4C#N)cc32)n1. The smallest absolute Gasteiger partial charge is 0.163 e. The lowest BCUT2D eigenvalue weighted by Crippen LogP contribution is -2.07. The Morgan fingerprint density at radius 3 is 1.33 bits per heavy atom. The first kappa shape index (κ1) is 34.2. The number of para-hydroxylation sites is 2. The predicted molar refractivity (Wildman–Crippen MR) is 231 cm³/mol. The number of rotatable bonds is 5. The molecule has 0 N–H and O–H groups in total. The largest absolute Gasteiger partial charge is 0.308 e. The second-order valence-electron chi connectivity index (χ2n) is 14.5. The number of nitrogens with zero attached hydrogens (tertiary/aromatic N) is 7. The molecule has 0 atom stereocenters. The third-order valence-electron chi connectivity index (χ3n) is 11.0. The number of benzene rings is 7. The average Bonchev–Trinajstić information content (AvgIpc) is 3.77. The summed E-state index contributed by atoms with van der Waals surface area (Å²) in [7, 11) is 0. The van der Waals surface area contributed by atoms with Crippen molar-refractivity contribution < 1.29 is 0 Å². The van der Waals surface area contributed by atoms with Gasteiger partial charge in [-0.1, -0.05) is 97.1 Å². The summed E-state index contributed by atoms with van der Waals surface area (Å²) in [5.74, 6) is 0.529. The third-order valence-corrected chi connectivity index (χ3v) is 11.0. The molecule has 0 aliphatic rings. The molecule has 0 fully saturated rings. The summed E-state index contributed by atoms with van der Waals surface area (Å²) in [4.78, 5) is 10.2. The first-order valence-electron chi connectivity index (χ1n) is 18.9. The van der Waals surface area contributed by atoms with Gasteiger partial charge in [0.05, 0.1) is 73.9 Å². The molecule has 0 saturated carbocycles. The highest BCUT2D eigenvalue weighted by Gasteiger charge is 2.25. The van der Waals surface area contributed by atoms with Crippen LogP contribution in [-0.4, -0.2) is 19.1 Å². The van der Waals surface area contributed by atoms with Crippen molar-refractivity contribution in [1.82, 2.24) is 19.1 Å². The normalized spacial score (nSPS) is 11.2. The Kier molecular flexibility index (Phi) is 7.94. The molecule has 58 heavy (non-hydrogen) atoms. The van der Waals surface area contributed by atoms with Gasteiger partial charge in [-0.2, -0.15) is 15.8 Å². The van der Waals surface area contributed by atoms with Crippen LogP contribution in [0, 0.1) is 47.8 Å². The van der Waals surface area contributed by atoms with E-state index in [0.29, 0.717) is 22.5 Å². The van der Waals surface area contributed by atoms with E-state index >= 15 is 0 Å². The van der Waals surface area contributed by atoms with Crippen molar-refractivity contribution >= 4 is 43.6 Å². The minimum atomic E-state index is 0.465. The Balaban J connectivity index is 1.38. The molecule has 0 aliphatic heterocycles. The van der Waals surface area contributed by atoms with Gasteiger partial charge in [0.1, 0.15) is 0 Å². The fourth-order valence-electron chi connectivity index (χ4n) is 8.56. The first-order chi connectivity index (χ1) is 28.4. The van der Waals surface area contributed by atoms with Crippen molar-refractivity contribution in [3.63, 3.8) is 0 Å². The monoisotopic (exact) mass is 741 g/mol. The third kappa shape index (κ3) is 5.33. The van der Waals surface area contributed by atoms with Crippen molar-refractivity contribution in [3.8, 4) is 63.2 Å². The van der Waals surface area contributed by atoms with E-state index in [1.807, 2.05) is 105 Å². The van der Waals surface area contributed by atoms with Crippen LogP contribution in [0.15, 0.2) is 152 Å². The van der Waals surface area contributed by atoms with Gasteiger partial charge in [-0.25, -0.2) is 9.97 Å². The number of aryl methyl sites for hydroxylation is 2. The van der Waals surface area contributed by atoms with Crippen molar-refractivity contribution in [3.05, 3.63) is 180 Å². The average molecular weight is 742 g/mol. The molecule has 0 bridgehead atoms. The molecule has 10 aromatic rings. The summed E-state index contributed by atoms with van der Waals surface area (Å²) < 4.78 is 4.43. The molecular weight excluding hydrogens is 711 g/mol. The maximum Gasteiger partial charge on any atom is 0.163 e. The summed E-state index contributed by atoms with van der Waals surface area (Å²) in [6, 6.07) is 57.5. The number of hydrogen-bond acceptors (Lipinski definition) is 5. The predicted octanol–water partition coefficient (Wildman–Crippen LogP) is 11.9. The maximum atomic E-state index is 10.8. The van der Waals surface area contributed by atoms with Crippen molar-refractivity contribution in [2.75, 3.05) is 0 Å². The lowest BCUT2D eigenvalue weighted by molar-refractivity contribution is 1.04. The van der Waals surface area contributed by atoms with Crippen LogP contribution in [0.5, 0.6) is 0 Å². The summed E-state index contributed by atoms with van der Waals surface area (Å²) in [6.45, 7) is 3.94. The molecular formula is C51H31N7. The number of fused-ring (bicyclic) bond motifs is 6. The van der Waals surface area contributed by atoms with E-state index < -0.39 is 0 Å². The molecule has 3 aromatic heterocycles. The fourth-order valence-corrected chi connectivity index (χ4v) is 8.56. The van der Waals surface area contributed by atoms with E-state index in [1.54, 1.807) is 0 Å². The van der Waals surface area contributed by atoms with Gasteiger partial charge in [-0.05, 0) is 90.7 Å². The van der Waals surface area contributed by atoms with Gasteiger partial charge in [0, 0.05) is 32.9 Å². The van der Waals surface area contributed by atoms with Crippen molar-refractivity contribution in [1.29, 1.82) is 15.8 Å². The van der Waals surface area contributed by atoms with Crippen LogP contribution in [0.3, 0.4) is 0 Å². The fraction of sp³-hybridized carbons (Fsp3) is 0.0392. The first-order valence-corrected chi connectivity index (χ1v) is 18.9. The minimum Gasteiger partial charge on any atom is -0.308 e. The lowest BCUT2D eigenvalue weighted by atomic mass is 9.99. The Morgan fingerprint density at radius 1 is 0.431 bits per heavy atom. The highest BCUT2D eigenvalue weighted by atomic mass is 15.0. The van der Waals surface area contributed by atoms with Gasteiger partial charge >= 0.3 is 0 Å². The van der Waals surface area contributed by atoms with Crippen molar-refractivity contribution in [2.45, 2.75) is 13.8 Å². The van der Waals surface area contributed by atoms with E-state index in [9.17, 15) is 15.8 Å². The second-order valence-corrected chi connectivity index (χ2v) is 14.5. The zero-order valence-corrected chi connectivity index (χ0v) is 31.6. The zero-order chi connectivity index (χ0) is 39.5. The molecule has 0 unspecified atom stereocenters. The van der Waals surface area contributed by atoms with Crippen LogP contribution in [0.4, 0.5) is 0 Å². The molecule has 0 aliphatic carbocycles. The molecule has 0 spiro atoms. The highest BCUT2D eigenvalue weighted by molar-refractivity contribution is 6.13. The minimum absolute atomic E-state index is 0.465. The maximum absolute atomic E-state index is 10.8. The summed E-state index contributed by atoms with van der Waals surface area (Å²) in [5, 5.41) is 35.1. The van der Waals surface area contributed by atoms with Crippen LogP contribution in [0.1, 0.15) is 28.1 Å². The van der Waals surface area contributed by atoms with E-state index in [-0.39, 0.29) is 0 Å². The van der Waals surface area contributed by atoms with Crippen molar-refractivity contribution in [2.24, 2.45) is 0 Å². The Morgan fingerprint density at radius 2 is 0.862 bits per heavy atom. The quantitative estimate of drug-likeness (QED) is 0.174. The molecule has 7 aromatic carbocycles. The number of aromatic nitrogens is 4. The summed E-state index contributed by atoms with van der Waals surface area (Å²) in [6.07, 6.45) is 0. The van der Waals surface area contributed by atoms with Crippen LogP contribution in [-0.2, 0) is 0 Å². The molecule has 7 heteroatoms. The van der Waals surface area contributed by atoms with Crippen LogP contribution < -0.4 is 0 Å². The number of hydrogen-bond donors (Lipinski definition) is 0. The van der Waals surface area contributed by atoms with Gasteiger partial charge in [0.15, 0.2) is 5.82 Å². The molecule has 7 nitrogen and oxygen atoms in total. The second kappa shape index (κ2) is 13.5. The van der Waals surface area contributed by atoms with Gasteiger partial charge in [0.25, 0.3) is 0 Å². The van der Waals surface area contributed by atoms with Gasteiger partial charge in [-0.15, -0.1) is 0 Å². The summed E-state index contributed by atoms with van der Waals surface area (Å²) in [5.41, 5.74) is 12.7.